The summed E-state index contributed by atoms with van der Waals surface area (Å²) in [6, 6.07) is 0. The van der Waals surface area contributed by atoms with Crippen LogP contribution in [0.1, 0.15) is 317 Å². The van der Waals surface area contributed by atoms with E-state index < -0.39 is 0 Å². The zero-order valence-corrected chi connectivity index (χ0v) is 48.9. The summed E-state index contributed by atoms with van der Waals surface area (Å²) in [4.78, 5) is 43.0. The summed E-state index contributed by atoms with van der Waals surface area (Å²) in [5, 5.41) is 3.15. The molecule has 2 unspecified atom stereocenters. The van der Waals surface area contributed by atoms with Gasteiger partial charge in [-0.05, 0) is 103 Å². The van der Waals surface area contributed by atoms with E-state index in [2.05, 4.69) is 56.8 Å². The van der Waals surface area contributed by atoms with Crippen LogP contribution in [0, 0.1) is 11.8 Å². The lowest BCUT2D eigenvalue weighted by Gasteiger charge is -2.26. The highest BCUT2D eigenvalue weighted by Gasteiger charge is 2.15. The number of carbonyl (C=O) groups excluding carboxylic acids is 3. The van der Waals surface area contributed by atoms with Crippen LogP contribution in [0.3, 0.4) is 0 Å². The molecule has 0 radical (unpaired) electrons. The molecular weight excluding hydrogens is 879 g/mol. The first-order chi connectivity index (χ1) is 34.8. The van der Waals surface area contributed by atoms with E-state index in [-0.39, 0.29) is 17.8 Å². The average Bonchev–Trinajstić information content (AvgIpc) is 3.37. The minimum atomic E-state index is 0.00741. The van der Waals surface area contributed by atoms with Gasteiger partial charge in [-0.2, -0.15) is 0 Å². The van der Waals surface area contributed by atoms with E-state index in [1.54, 1.807) is 0 Å². The number of hydrogen-bond donors (Lipinski definition) is 1. The Balaban J connectivity index is 4.76. The van der Waals surface area contributed by atoms with E-state index in [0.29, 0.717) is 44.3 Å². The normalized spacial score (nSPS) is 12.5. The standard InChI is InChI=1S/C63H125N3O5/c1-7-12-17-22-27-36-46-59(44-34-20-15-10-4)57-70-62(68)49-39-30-25-32-41-53-66(56-55-65(6)52-43-51-64-61(67)48-38-29-24-19-14-9-3)54-42-33-26-31-40-50-63(69)71-58-60(45-35-21-16-11-5)47-37-28-23-18-13-8-2/h59-60H,7-58H2,1-6H3,(H,64,67). The van der Waals surface area contributed by atoms with Crippen molar-refractivity contribution in [3.05, 3.63) is 0 Å². The molecule has 2 atom stereocenters. The molecule has 0 aliphatic heterocycles. The molecule has 0 aromatic heterocycles. The number of esters is 2. The summed E-state index contributed by atoms with van der Waals surface area (Å²) in [6.45, 7) is 18.7. The number of nitrogens with one attached hydrogen (secondary N) is 1. The number of amides is 1. The second-order valence-corrected chi connectivity index (χ2v) is 22.3. The number of carbonyl (C=O) groups is 3. The maximum Gasteiger partial charge on any atom is 0.305 e. The Morgan fingerprint density at radius 3 is 1.07 bits per heavy atom. The first-order valence-electron chi connectivity index (χ1n) is 31.8. The van der Waals surface area contributed by atoms with Crippen LogP contribution in [-0.2, 0) is 23.9 Å². The first-order valence-corrected chi connectivity index (χ1v) is 31.8. The van der Waals surface area contributed by atoms with Gasteiger partial charge in [-0.25, -0.2) is 0 Å². The van der Waals surface area contributed by atoms with Crippen LogP contribution >= 0.6 is 0 Å². The Kier molecular flexibility index (Phi) is 54.7. The zero-order valence-electron chi connectivity index (χ0n) is 48.9. The third kappa shape index (κ3) is 51.6. The van der Waals surface area contributed by atoms with Gasteiger partial charge >= 0.3 is 11.9 Å². The van der Waals surface area contributed by atoms with Crippen LogP contribution in [0.2, 0.25) is 0 Å². The average molecular weight is 1000 g/mol. The molecule has 0 fully saturated rings. The Morgan fingerprint density at radius 1 is 0.352 bits per heavy atom. The molecule has 1 N–H and O–H groups in total. The van der Waals surface area contributed by atoms with Crippen molar-refractivity contribution < 1.29 is 23.9 Å². The number of likely N-dealkylation sites (N-methyl/N-ethyl adjacent to an activating group) is 1. The maximum atomic E-state index is 12.8. The van der Waals surface area contributed by atoms with Crippen molar-refractivity contribution in [2.75, 3.05) is 59.5 Å². The molecule has 0 bridgehead atoms. The van der Waals surface area contributed by atoms with Gasteiger partial charge in [0.05, 0.1) is 13.2 Å². The fraction of sp³-hybridized carbons (Fsp3) is 0.952. The van der Waals surface area contributed by atoms with Gasteiger partial charge in [0.2, 0.25) is 5.91 Å². The molecule has 8 heteroatoms. The fourth-order valence-corrected chi connectivity index (χ4v) is 10.1. The van der Waals surface area contributed by atoms with E-state index in [9.17, 15) is 14.4 Å². The third-order valence-electron chi connectivity index (χ3n) is 15.1. The molecule has 0 saturated carbocycles. The van der Waals surface area contributed by atoms with Crippen molar-refractivity contribution in [2.45, 2.75) is 317 Å². The van der Waals surface area contributed by atoms with Crippen molar-refractivity contribution in [3.63, 3.8) is 0 Å². The first kappa shape index (κ1) is 69.3. The van der Waals surface area contributed by atoms with Crippen molar-refractivity contribution in [1.29, 1.82) is 0 Å². The van der Waals surface area contributed by atoms with Crippen LogP contribution in [0.25, 0.3) is 0 Å². The minimum Gasteiger partial charge on any atom is -0.465 e. The molecule has 1 amide bonds. The van der Waals surface area contributed by atoms with Gasteiger partial charge in [-0.15, -0.1) is 0 Å². The summed E-state index contributed by atoms with van der Waals surface area (Å²) in [6.07, 6.45) is 52.1. The zero-order chi connectivity index (χ0) is 51.9. The smallest absolute Gasteiger partial charge is 0.305 e. The Labute approximate surface area is 443 Å². The van der Waals surface area contributed by atoms with E-state index in [1.165, 1.54) is 218 Å². The second-order valence-electron chi connectivity index (χ2n) is 22.3. The largest absolute Gasteiger partial charge is 0.465 e. The SMILES string of the molecule is CCCCCCCCC(=O)NCCCN(C)CCN(CCCCCCCC(=O)OCC(CCCCCC)CCCCCCCC)CCCCCCCC(=O)OCC(CCCCCC)CCCCCCCC. The predicted molar refractivity (Wildman–Crippen MR) is 307 cm³/mol. The number of rotatable bonds is 58. The number of nitrogens with zero attached hydrogens (tertiary/aromatic N) is 2. The van der Waals surface area contributed by atoms with E-state index >= 15 is 0 Å². The molecule has 71 heavy (non-hydrogen) atoms. The van der Waals surface area contributed by atoms with Crippen LogP contribution < -0.4 is 5.32 Å². The minimum absolute atomic E-state index is 0.00741. The monoisotopic (exact) mass is 1000 g/mol. The van der Waals surface area contributed by atoms with Crippen LogP contribution in [-0.4, -0.2) is 87.2 Å². The van der Waals surface area contributed by atoms with Crippen molar-refractivity contribution in [1.82, 2.24) is 15.1 Å². The van der Waals surface area contributed by atoms with Crippen LogP contribution in [0.4, 0.5) is 0 Å². The molecule has 8 nitrogen and oxygen atoms in total. The van der Waals surface area contributed by atoms with Gasteiger partial charge in [-0.1, -0.05) is 234 Å². The molecule has 0 rings (SSSR count). The predicted octanol–water partition coefficient (Wildman–Crippen LogP) is 17.9. The summed E-state index contributed by atoms with van der Waals surface area (Å²) in [5.74, 6) is 1.28. The molecule has 0 aromatic carbocycles. The van der Waals surface area contributed by atoms with Gasteiger partial charge in [0.25, 0.3) is 0 Å². The summed E-state index contributed by atoms with van der Waals surface area (Å²) < 4.78 is 11.8. The quantitative estimate of drug-likeness (QED) is 0.0480. The van der Waals surface area contributed by atoms with Gasteiger partial charge in [0.1, 0.15) is 0 Å². The maximum absolute atomic E-state index is 12.8. The van der Waals surface area contributed by atoms with Gasteiger partial charge in [-0.3, -0.25) is 14.4 Å². The highest BCUT2D eigenvalue weighted by molar-refractivity contribution is 5.75. The van der Waals surface area contributed by atoms with Crippen molar-refractivity contribution in [2.24, 2.45) is 11.8 Å². The fourth-order valence-electron chi connectivity index (χ4n) is 10.1. The lowest BCUT2D eigenvalue weighted by molar-refractivity contribution is -0.146. The lowest BCUT2D eigenvalue weighted by Crippen LogP contribution is -2.36. The number of unbranched alkanes of at least 4 members (excludes halogenated alkanes) is 29. The Bertz CT molecular complexity index is 1060. The highest BCUT2D eigenvalue weighted by atomic mass is 16.5. The topological polar surface area (TPSA) is 88.2 Å². The summed E-state index contributed by atoms with van der Waals surface area (Å²) in [5.41, 5.74) is 0. The van der Waals surface area contributed by atoms with Crippen LogP contribution in [0.15, 0.2) is 0 Å². The molecular formula is C63H125N3O5. The van der Waals surface area contributed by atoms with Crippen molar-refractivity contribution in [3.8, 4) is 0 Å². The lowest BCUT2D eigenvalue weighted by atomic mass is 9.95. The molecule has 422 valence electrons. The van der Waals surface area contributed by atoms with Gasteiger partial charge < -0.3 is 24.6 Å². The number of hydrogen-bond acceptors (Lipinski definition) is 7. The molecule has 0 saturated heterocycles. The van der Waals surface area contributed by atoms with Crippen molar-refractivity contribution >= 4 is 17.8 Å². The molecule has 0 spiro atoms. The molecule has 0 aliphatic carbocycles. The Morgan fingerprint density at radius 2 is 0.676 bits per heavy atom. The van der Waals surface area contributed by atoms with Crippen LogP contribution in [0.5, 0.6) is 0 Å². The number of ether oxygens (including phenoxy) is 2. The van der Waals surface area contributed by atoms with Gasteiger partial charge in [0, 0.05) is 38.9 Å². The Hall–Kier alpha value is -1.67. The van der Waals surface area contributed by atoms with E-state index in [4.69, 9.17) is 9.47 Å². The summed E-state index contributed by atoms with van der Waals surface area (Å²) >= 11 is 0. The van der Waals surface area contributed by atoms with Gasteiger partial charge in [0.15, 0.2) is 0 Å². The van der Waals surface area contributed by atoms with E-state index in [0.717, 1.165) is 84.2 Å². The molecule has 0 heterocycles. The highest BCUT2D eigenvalue weighted by Crippen LogP contribution is 2.22. The molecule has 0 aromatic rings. The van der Waals surface area contributed by atoms with E-state index in [1.807, 2.05) is 0 Å². The third-order valence-corrected chi connectivity index (χ3v) is 15.1. The second kappa shape index (κ2) is 56.1. The summed E-state index contributed by atoms with van der Waals surface area (Å²) in [7, 11) is 2.22. The molecule has 0 aliphatic rings.